The summed E-state index contributed by atoms with van der Waals surface area (Å²) in [7, 11) is 1.73. The van der Waals surface area contributed by atoms with E-state index in [0.29, 0.717) is 5.41 Å². The molecule has 1 N–H and O–H groups in total. The number of halogens is 1. The highest BCUT2D eigenvalue weighted by Crippen LogP contribution is 2.47. The van der Waals surface area contributed by atoms with Crippen LogP contribution in [0.25, 0.3) is 0 Å². The zero-order chi connectivity index (χ0) is 13.9. The van der Waals surface area contributed by atoms with E-state index in [1.54, 1.807) is 7.11 Å². The van der Waals surface area contributed by atoms with Crippen LogP contribution in [0.15, 0.2) is 22.7 Å². The SMILES string of the molecule is CCNCC(C)(Cc1cc(OC)ccc1Br)C1CC1. The second-order valence-corrected chi connectivity index (χ2v) is 6.70. The van der Waals surface area contributed by atoms with Crippen LogP contribution < -0.4 is 10.1 Å². The molecule has 1 aromatic carbocycles. The van der Waals surface area contributed by atoms with Gasteiger partial charge in [-0.25, -0.2) is 0 Å². The number of nitrogens with one attached hydrogen (secondary N) is 1. The summed E-state index contributed by atoms with van der Waals surface area (Å²) in [5, 5.41) is 3.53. The van der Waals surface area contributed by atoms with Crippen LogP contribution in [0.5, 0.6) is 5.75 Å². The third-order valence-corrected chi connectivity index (χ3v) is 4.96. The Bertz CT molecular complexity index is 431. The highest BCUT2D eigenvalue weighted by atomic mass is 79.9. The van der Waals surface area contributed by atoms with Crippen molar-refractivity contribution in [3.05, 3.63) is 28.2 Å². The first-order valence-electron chi connectivity index (χ1n) is 7.12. The number of hydrogen-bond acceptors (Lipinski definition) is 2. The Hall–Kier alpha value is -0.540. The lowest BCUT2D eigenvalue weighted by Crippen LogP contribution is -2.35. The highest BCUT2D eigenvalue weighted by molar-refractivity contribution is 9.10. The molecule has 19 heavy (non-hydrogen) atoms. The van der Waals surface area contributed by atoms with Gasteiger partial charge in [-0.15, -0.1) is 0 Å². The summed E-state index contributed by atoms with van der Waals surface area (Å²) in [6, 6.07) is 6.26. The van der Waals surface area contributed by atoms with E-state index in [4.69, 9.17) is 4.74 Å². The van der Waals surface area contributed by atoms with Crippen LogP contribution in [0.2, 0.25) is 0 Å². The molecule has 0 aliphatic heterocycles. The maximum absolute atomic E-state index is 5.35. The fourth-order valence-corrected chi connectivity index (χ4v) is 3.18. The molecule has 0 heterocycles. The molecule has 2 nitrogen and oxygen atoms in total. The summed E-state index contributed by atoms with van der Waals surface area (Å²) < 4.78 is 6.54. The molecule has 106 valence electrons. The van der Waals surface area contributed by atoms with Crippen LogP contribution in [0.3, 0.4) is 0 Å². The summed E-state index contributed by atoms with van der Waals surface area (Å²) in [6.45, 7) is 6.73. The van der Waals surface area contributed by atoms with E-state index in [0.717, 1.165) is 31.2 Å². The molecule has 0 spiro atoms. The predicted octanol–water partition coefficient (Wildman–Crippen LogP) is 4.03. The lowest BCUT2D eigenvalue weighted by molar-refractivity contribution is 0.257. The number of rotatable bonds is 7. The van der Waals surface area contributed by atoms with Crippen LogP contribution in [-0.4, -0.2) is 20.2 Å². The van der Waals surface area contributed by atoms with Gasteiger partial charge in [-0.3, -0.25) is 0 Å². The molecule has 1 aromatic rings. The Balaban J connectivity index is 2.16. The van der Waals surface area contributed by atoms with Gasteiger partial charge in [-0.05, 0) is 60.9 Å². The van der Waals surface area contributed by atoms with Crippen molar-refractivity contribution in [3.63, 3.8) is 0 Å². The van der Waals surface area contributed by atoms with Crippen LogP contribution in [0.4, 0.5) is 0 Å². The minimum absolute atomic E-state index is 0.352. The van der Waals surface area contributed by atoms with Crippen molar-refractivity contribution in [1.29, 1.82) is 0 Å². The summed E-state index contributed by atoms with van der Waals surface area (Å²) in [4.78, 5) is 0. The maximum atomic E-state index is 5.35. The van der Waals surface area contributed by atoms with E-state index in [1.807, 2.05) is 6.07 Å². The first-order valence-corrected chi connectivity index (χ1v) is 7.91. The molecule has 0 radical (unpaired) electrons. The molecule has 1 atom stereocenters. The van der Waals surface area contributed by atoms with E-state index in [1.165, 1.54) is 22.9 Å². The van der Waals surface area contributed by atoms with E-state index >= 15 is 0 Å². The second kappa shape index (κ2) is 6.27. The number of ether oxygens (including phenoxy) is 1. The lowest BCUT2D eigenvalue weighted by atomic mass is 9.79. The maximum Gasteiger partial charge on any atom is 0.119 e. The predicted molar refractivity (Wildman–Crippen MR) is 83.8 cm³/mol. The monoisotopic (exact) mass is 325 g/mol. The Morgan fingerprint density at radius 3 is 2.74 bits per heavy atom. The minimum Gasteiger partial charge on any atom is -0.497 e. The summed E-state index contributed by atoms with van der Waals surface area (Å²) >= 11 is 3.67. The molecular weight excluding hydrogens is 302 g/mol. The molecular formula is C16H24BrNO. The number of methoxy groups -OCH3 is 1. The smallest absolute Gasteiger partial charge is 0.119 e. The minimum atomic E-state index is 0.352. The topological polar surface area (TPSA) is 21.3 Å². The van der Waals surface area contributed by atoms with Gasteiger partial charge in [0.15, 0.2) is 0 Å². The molecule has 2 rings (SSSR count). The van der Waals surface area contributed by atoms with Gasteiger partial charge >= 0.3 is 0 Å². The van der Waals surface area contributed by atoms with Crippen molar-refractivity contribution in [3.8, 4) is 5.75 Å². The van der Waals surface area contributed by atoms with E-state index in [9.17, 15) is 0 Å². The van der Waals surface area contributed by atoms with Crippen LogP contribution in [-0.2, 0) is 6.42 Å². The lowest BCUT2D eigenvalue weighted by Gasteiger charge is -2.31. The van der Waals surface area contributed by atoms with Crippen LogP contribution >= 0.6 is 15.9 Å². The molecule has 1 fully saturated rings. The summed E-state index contributed by atoms with van der Waals surface area (Å²) in [6.07, 6.45) is 3.86. The normalized spacial score (nSPS) is 18.1. The van der Waals surface area contributed by atoms with Gasteiger partial charge in [-0.2, -0.15) is 0 Å². The van der Waals surface area contributed by atoms with Gasteiger partial charge in [0.2, 0.25) is 0 Å². The van der Waals surface area contributed by atoms with E-state index in [2.05, 4.69) is 47.2 Å². The van der Waals surface area contributed by atoms with Gasteiger partial charge in [0.05, 0.1) is 7.11 Å². The van der Waals surface area contributed by atoms with Crippen molar-refractivity contribution in [2.24, 2.45) is 11.3 Å². The van der Waals surface area contributed by atoms with Gasteiger partial charge < -0.3 is 10.1 Å². The third kappa shape index (κ3) is 3.73. The van der Waals surface area contributed by atoms with Crippen LogP contribution in [0.1, 0.15) is 32.3 Å². The summed E-state index contributed by atoms with van der Waals surface area (Å²) in [5.74, 6) is 1.81. The Kier molecular flexibility index (Phi) is 4.91. The van der Waals surface area contributed by atoms with Gasteiger partial charge in [0, 0.05) is 11.0 Å². The van der Waals surface area contributed by atoms with Crippen LogP contribution in [0, 0.1) is 11.3 Å². The molecule has 3 heteroatoms. The van der Waals surface area contributed by atoms with Gasteiger partial charge in [0.25, 0.3) is 0 Å². The van der Waals surface area contributed by atoms with Crippen molar-refractivity contribution in [1.82, 2.24) is 5.32 Å². The fraction of sp³-hybridized carbons (Fsp3) is 0.625. The van der Waals surface area contributed by atoms with E-state index in [-0.39, 0.29) is 0 Å². The molecule has 0 amide bonds. The molecule has 1 unspecified atom stereocenters. The molecule has 1 aliphatic carbocycles. The quantitative estimate of drug-likeness (QED) is 0.817. The van der Waals surface area contributed by atoms with E-state index < -0.39 is 0 Å². The Labute approximate surface area is 125 Å². The molecule has 0 bridgehead atoms. The summed E-state index contributed by atoms with van der Waals surface area (Å²) in [5.41, 5.74) is 1.71. The van der Waals surface area contributed by atoms with Gasteiger partial charge in [-0.1, -0.05) is 29.8 Å². The third-order valence-electron chi connectivity index (χ3n) is 4.19. The number of hydrogen-bond donors (Lipinski definition) is 1. The Morgan fingerprint density at radius 2 is 2.16 bits per heavy atom. The molecule has 1 aliphatic rings. The first kappa shape index (κ1) is 14.9. The largest absolute Gasteiger partial charge is 0.497 e. The molecule has 0 saturated heterocycles. The standard InChI is InChI=1S/C16H24BrNO/c1-4-18-11-16(2,13-5-6-13)10-12-9-14(19-3)7-8-15(12)17/h7-9,13,18H,4-6,10-11H2,1-3H3. The van der Waals surface area contributed by atoms with Crippen molar-refractivity contribution < 1.29 is 4.74 Å². The average Bonchev–Trinajstić information content (AvgIpc) is 3.24. The van der Waals surface area contributed by atoms with Gasteiger partial charge in [0.1, 0.15) is 5.75 Å². The first-order chi connectivity index (χ1) is 9.09. The highest BCUT2D eigenvalue weighted by Gasteiger charge is 2.41. The molecule has 1 saturated carbocycles. The van der Waals surface area contributed by atoms with Crippen molar-refractivity contribution in [2.75, 3.05) is 20.2 Å². The number of benzene rings is 1. The average molecular weight is 326 g/mol. The van der Waals surface area contributed by atoms with Crippen molar-refractivity contribution >= 4 is 15.9 Å². The second-order valence-electron chi connectivity index (χ2n) is 5.84. The Morgan fingerprint density at radius 1 is 1.42 bits per heavy atom. The zero-order valence-corrected chi connectivity index (χ0v) is 13.7. The van der Waals surface area contributed by atoms with Crippen molar-refractivity contribution in [2.45, 2.75) is 33.1 Å². The molecule has 0 aromatic heterocycles. The fourth-order valence-electron chi connectivity index (χ4n) is 2.79. The zero-order valence-electron chi connectivity index (χ0n) is 12.1.